The summed E-state index contributed by atoms with van der Waals surface area (Å²) in [5.74, 6) is -0.361. The highest BCUT2D eigenvalue weighted by molar-refractivity contribution is 6.00. The van der Waals surface area contributed by atoms with Crippen LogP contribution in [-0.4, -0.2) is 29.9 Å². The largest absolute Gasteiger partial charge is 0.492 e. The summed E-state index contributed by atoms with van der Waals surface area (Å²) in [4.78, 5) is 27.8. The zero-order valence-corrected chi connectivity index (χ0v) is 16.3. The van der Waals surface area contributed by atoms with Crippen LogP contribution in [0, 0.1) is 0 Å². The molecule has 0 saturated heterocycles. The van der Waals surface area contributed by atoms with Crippen LogP contribution in [-0.2, 0) is 17.4 Å². The molecule has 1 aliphatic heterocycles. The maximum atomic E-state index is 13.7. The molecular formula is C22H18F3N3O3. The molecule has 3 aromatic rings. The third-order valence-electron chi connectivity index (χ3n) is 4.93. The number of amides is 2. The number of aryl methyl sites for hydroxylation is 1. The van der Waals surface area contributed by atoms with Crippen LogP contribution in [0.1, 0.15) is 27.9 Å². The Morgan fingerprint density at radius 2 is 1.97 bits per heavy atom. The molecule has 31 heavy (non-hydrogen) atoms. The van der Waals surface area contributed by atoms with Gasteiger partial charge in [-0.05, 0) is 36.2 Å². The molecule has 2 aromatic carbocycles. The predicted octanol–water partition coefficient (Wildman–Crippen LogP) is 3.95. The maximum absolute atomic E-state index is 13.7. The second-order valence-corrected chi connectivity index (χ2v) is 7.03. The summed E-state index contributed by atoms with van der Waals surface area (Å²) >= 11 is 0. The quantitative estimate of drug-likeness (QED) is 0.602. The van der Waals surface area contributed by atoms with Crippen LogP contribution in [0.25, 0.3) is 10.9 Å². The number of carbonyl (C=O) groups excluding carboxylic acids is 2. The van der Waals surface area contributed by atoms with Crippen LogP contribution in [0.2, 0.25) is 0 Å². The second-order valence-electron chi connectivity index (χ2n) is 7.03. The standard InChI is InChI=1S/C22H18F3N3O3/c23-22(24,25)20-15-3-1-2-4-18(15)27-12-16(20)21(30)26-9-10-31-14-6-7-17-13(11-14)5-8-19(29)28-17/h1-4,6-7,11-12H,5,8-10H2,(H,26,30)(H,28,29). The first-order chi connectivity index (χ1) is 14.8. The molecule has 0 radical (unpaired) electrons. The molecule has 0 fully saturated rings. The molecule has 6 nitrogen and oxygen atoms in total. The van der Waals surface area contributed by atoms with Gasteiger partial charge in [0.2, 0.25) is 5.91 Å². The zero-order chi connectivity index (χ0) is 22.0. The summed E-state index contributed by atoms with van der Waals surface area (Å²) in [7, 11) is 0. The minimum Gasteiger partial charge on any atom is -0.492 e. The first-order valence-corrected chi connectivity index (χ1v) is 9.61. The van der Waals surface area contributed by atoms with Gasteiger partial charge in [-0.25, -0.2) is 0 Å². The number of nitrogens with one attached hydrogen (secondary N) is 2. The van der Waals surface area contributed by atoms with E-state index >= 15 is 0 Å². The third-order valence-corrected chi connectivity index (χ3v) is 4.93. The fourth-order valence-corrected chi connectivity index (χ4v) is 3.50. The molecule has 0 spiro atoms. The van der Waals surface area contributed by atoms with Crippen LogP contribution in [0.5, 0.6) is 5.75 Å². The highest BCUT2D eigenvalue weighted by atomic mass is 19.4. The van der Waals surface area contributed by atoms with E-state index in [0.717, 1.165) is 17.4 Å². The summed E-state index contributed by atoms with van der Waals surface area (Å²) in [6.07, 6.45) is -2.76. The van der Waals surface area contributed by atoms with E-state index in [1.165, 1.54) is 18.2 Å². The molecule has 2 amide bonds. The van der Waals surface area contributed by atoms with Crippen molar-refractivity contribution in [2.75, 3.05) is 18.5 Å². The highest BCUT2D eigenvalue weighted by Crippen LogP contribution is 2.36. The maximum Gasteiger partial charge on any atom is 0.417 e. The number of alkyl halides is 3. The van der Waals surface area contributed by atoms with Gasteiger partial charge in [-0.15, -0.1) is 0 Å². The summed E-state index contributed by atoms with van der Waals surface area (Å²) in [6.45, 7) is 0.0794. The smallest absolute Gasteiger partial charge is 0.417 e. The van der Waals surface area contributed by atoms with Gasteiger partial charge in [-0.1, -0.05) is 18.2 Å². The average molecular weight is 429 g/mol. The summed E-state index contributed by atoms with van der Waals surface area (Å²) in [6, 6.07) is 11.0. The van der Waals surface area contributed by atoms with Crippen molar-refractivity contribution in [1.29, 1.82) is 0 Å². The summed E-state index contributed by atoms with van der Waals surface area (Å²) < 4.78 is 46.5. The van der Waals surface area contributed by atoms with Crippen LogP contribution >= 0.6 is 0 Å². The molecule has 0 unspecified atom stereocenters. The molecule has 160 valence electrons. The van der Waals surface area contributed by atoms with Crippen molar-refractivity contribution in [2.24, 2.45) is 0 Å². The van der Waals surface area contributed by atoms with Crippen molar-refractivity contribution in [1.82, 2.24) is 10.3 Å². The van der Waals surface area contributed by atoms with Gasteiger partial charge in [0.15, 0.2) is 0 Å². The predicted molar refractivity (Wildman–Crippen MR) is 108 cm³/mol. The number of aromatic nitrogens is 1. The molecule has 9 heteroatoms. The Bertz CT molecular complexity index is 1160. The van der Waals surface area contributed by atoms with E-state index in [1.54, 1.807) is 24.3 Å². The fraction of sp³-hybridized carbons (Fsp3) is 0.227. The van der Waals surface area contributed by atoms with Crippen molar-refractivity contribution in [3.63, 3.8) is 0 Å². The average Bonchev–Trinajstić information content (AvgIpc) is 2.75. The van der Waals surface area contributed by atoms with Gasteiger partial charge < -0.3 is 15.4 Å². The number of benzene rings is 2. The number of hydrogen-bond donors (Lipinski definition) is 2. The lowest BCUT2D eigenvalue weighted by Gasteiger charge is -2.18. The number of pyridine rings is 1. The van der Waals surface area contributed by atoms with Gasteiger partial charge in [0, 0.05) is 23.7 Å². The third kappa shape index (κ3) is 4.45. The molecule has 1 aromatic heterocycles. The van der Waals surface area contributed by atoms with Gasteiger partial charge >= 0.3 is 6.18 Å². The van der Waals surface area contributed by atoms with E-state index < -0.39 is 23.2 Å². The van der Waals surface area contributed by atoms with Crippen LogP contribution in [0.3, 0.4) is 0 Å². The lowest BCUT2D eigenvalue weighted by molar-refractivity contribution is -0.136. The van der Waals surface area contributed by atoms with Crippen molar-refractivity contribution in [2.45, 2.75) is 19.0 Å². The number of anilines is 1. The highest BCUT2D eigenvalue weighted by Gasteiger charge is 2.37. The molecule has 2 heterocycles. The molecule has 2 N–H and O–H groups in total. The molecule has 0 aliphatic carbocycles. The number of ether oxygens (including phenoxy) is 1. The van der Waals surface area contributed by atoms with E-state index in [1.807, 2.05) is 0 Å². The van der Waals surface area contributed by atoms with E-state index in [0.29, 0.717) is 18.6 Å². The topological polar surface area (TPSA) is 80.3 Å². The molecule has 0 atom stereocenters. The van der Waals surface area contributed by atoms with Gasteiger partial charge in [0.1, 0.15) is 12.4 Å². The first kappa shape index (κ1) is 20.6. The van der Waals surface area contributed by atoms with Crippen LogP contribution in [0.15, 0.2) is 48.7 Å². The van der Waals surface area contributed by atoms with E-state index in [2.05, 4.69) is 15.6 Å². The Morgan fingerprint density at radius 3 is 2.77 bits per heavy atom. The Kier molecular flexibility index (Phi) is 5.50. The second kappa shape index (κ2) is 8.25. The Hall–Kier alpha value is -3.62. The van der Waals surface area contributed by atoms with Gasteiger partial charge in [-0.3, -0.25) is 14.6 Å². The van der Waals surface area contributed by atoms with Crippen LogP contribution in [0.4, 0.5) is 18.9 Å². The Morgan fingerprint density at radius 1 is 1.16 bits per heavy atom. The van der Waals surface area contributed by atoms with Crippen molar-refractivity contribution < 1.29 is 27.5 Å². The minimum atomic E-state index is -4.70. The number of carbonyl (C=O) groups is 2. The molecule has 1 aliphatic rings. The molecule has 0 saturated carbocycles. The summed E-state index contributed by atoms with van der Waals surface area (Å²) in [5, 5.41) is 5.10. The van der Waals surface area contributed by atoms with Crippen molar-refractivity contribution in [3.05, 3.63) is 65.4 Å². The number of para-hydroxylation sites is 1. The van der Waals surface area contributed by atoms with Gasteiger partial charge in [0.25, 0.3) is 5.91 Å². The molecular weight excluding hydrogens is 411 g/mol. The van der Waals surface area contributed by atoms with E-state index in [-0.39, 0.29) is 30.0 Å². The van der Waals surface area contributed by atoms with Crippen LogP contribution < -0.4 is 15.4 Å². The molecule has 4 rings (SSSR count). The van der Waals surface area contributed by atoms with Gasteiger partial charge in [0.05, 0.1) is 23.2 Å². The number of halogens is 3. The number of rotatable bonds is 5. The van der Waals surface area contributed by atoms with E-state index in [4.69, 9.17) is 4.74 Å². The number of hydrogen-bond acceptors (Lipinski definition) is 4. The lowest BCUT2D eigenvalue weighted by atomic mass is 10.0. The lowest BCUT2D eigenvalue weighted by Crippen LogP contribution is -2.30. The zero-order valence-electron chi connectivity index (χ0n) is 16.3. The van der Waals surface area contributed by atoms with Gasteiger partial charge in [-0.2, -0.15) is 13.2 Å². The normalized spacial score (nSPS) is 13.5. The minimum absolute atomic E-state index is 0.0107. The molecule has 0 bridgehead atoms. The number of nitrogens with zero attached hydrogens (tertiary/aromatic N) is 1. The Labute approximate surface area is 175 Å². The summed E-state index contributed by atoms with van der Waals surface area (Å²) in [5.41, 5.74) is 0.306. The van der Waals surface area contributed by atoms with Crippen molar-refractivity contribution in [3.8, 4) is 5.75 Å². The van der Waals surface area contributed by atoms with E-state index in [9.17, 15) is 22.8 Å². The number of fused-ring (bicyclic) bond motifs is 2. The first-order valence-electron chi connectivity index (χ1n) is 9.61. The Balaban J connectivity index is 1.42. The monoisotopic (exact) mass is 429 g/mol. The SMILES string of the molecule is O=C1CCc2cc(OCCNC(=O)c3cnc4ccccc4c3C(F)(F)F)ccc2N1. The van der Waals surface area contributed by atoms with Crippen molar-refractivity contribution >= 4 is 28.4 Å². The fourth-order valence-electron chi connectivity index (χ4n) is 3.50.